The Balaban J connectivity index is 2.39. The lowest BCUT2D eigenvalue weighted by Gasteiger charge is -2.14. The summed E-state index contributed by atoms with van der Waals surface area (Å²) in [7, 11) is 0. The summed E-state index contributed by atoms with van der Waals surface area (Å²) < 4.78 is 0. The number of benzene rings is 1. The summed E-state index contributed by atoms with van der Waals surface area (Å²) in [6.07, 6.45) is 10.7. The van der Waals surface area contributed by atoms with Crippen molar-refractivity contribution in [1.82, 2.24) is 0 Å². The zero-order chi connectivity index (χ0) is 15.2. The highest BCUT2D eigenvalue weighted by Gasteiger charge is 2.17. The Morgan fingerprint density at radius 2 is 1.90 bits per heavy atom. The first-order valence-corrected chi connectivity index (χ1v) is 7.34. The first-order valence-electron chi connectivity index (χ1n) is 7.34. The lowest BCUT2D eigenvalue weighted by molar-refractivity contribution is 0.704. The monoisotopic (exact) mass is 277 g/mol. The van der Waals surface area contributed by atoms with Crippen LogP contribution in [0, 0.1) is 5.92 Å². The molecule has 1 atom stereocenters. The number of hydrogen-bond acceptors (Lipinski definition) is 1. The van der Waals surface area contributed by atoms with Gasteiger partial charge in [-0.15, -0.1) is 0 Å². The van der Waals surface area contributed by atoms with Gasteiger partial charge in [-0.25, -0.2) is 0 Å². The number of rotatable bonds is 3. The van der Waals surface area contributed by atoms with Gasteiger partial charge in [-0.2, -0.15) is 0 Å². The molecule has 0 heterocycles. The van der Waals surface area contributed by atoms with Gasteiger partial charge >= 0.3 is 0 Å². The molecule has 0 saturated heterocycles. The molecule has 0 bridgehead atoms. The Kier molecular flexibility index (Phi) is 4.99. The van der Waals surface area contributed by atoms with E-state index < -0.39 is 0 Å². The number of allylic oxidation sites excluding steroid dienone is 8. The van der Waals surface area contributed by atoms with Gasteiger partial charge in [0.1, 0.15) is 0 Å². The van der Waals surface area contributed by atoms with Gasteiger partial charge in [-0.3, -0.25) is 0 Å². The Hall–Kier alpha value is -2.28. The van der Waals surface area contributed by atoms with Gasteiger partial charge in [0, 0.05) is 0 Å². The zero-order valence-corrected chi connectivity index (χ0v) is 12.8. The molecule has 0 spiro atoms. The molecule has 1 nitrogen and oxygen atoms in total. The first kappa shape index (κ1) is 15.1. The van der Waals surface area contributed by atoms with Crippen molar-refractivity contribution in [2.45, 2.75) is 20.3 Å². The second-order valence-corrected chi connectivity index (χ2v) is 5.51. The molecule has 0 saturated carbocycles. The van der Waals surface area contributed by atoms with Crippen LogP contribution in [0.5, 0.6) is 0 Å². The molecule has 1 aromatic carbocycles. The summed E-state index contributed by atoms with van der Waals surface area (Å²) in [6.45, 7) is 8.73. The molecule has 1 aliphatic rings. The summed E-state index contributed by atoms with van der Waals surface area (Å²) in [5.74, 6) is 0.497. The summed E-state index contributed by atoms with van der Waals surface area (Å²) in [5.41, 5.74) is 11.7. The summed E-state index contributed by atoms with van der Waals surface area (Å²) in [4.78, 5) is 0. The average molecular weight is 277 g/mol. The van der Waals surface area contributed by atoms with Crippen LogP contribution in [-0.4, -0.2) is 0 Å². The van der Waals surface area contributed by atoms with Crippen LogP contribution in [0.4, 0.5) is 0 Å². The summed E-state index contributed by atoms with van der Waals surface area (Å²) >= 11 is 0. The molecule has 21 heavy (non-hydrogen) atoms. The van der Waals surface area contributed by atoms with E-state index in [0.717, 1.165) is 12.0 Å². The Morgan fingerprint density at radius 1 is 1.19 bits per heavy atom. The van der Waals surface area contributed by atoms with Crippen LogP contribution >= 0.6 is 0 Å². The van der Waals surface area contributed by atoms with Crippen LogP contribution in [0.25, 0.3) is 5.57 Å². The predicted octanol–water partition coefficient (Wildman–Crippen LogP) is 5.01. The average Bonchev–Trinajstić information content (AvgIpc) is 2.60. The van der Waals surface area contributed by atoms with E-state index in [0.29, 0.717) is 5.92 Å². The quantitative estimate of drug-likeness (QED) is 0.772. The Labute approximate surface area is 127 Å². The minimum Gasteiger partial charge on any atom is -0.405 e. The molecule has 0 unspecified atom stereocenters. The third-order valence-corrected chi connectivity index (χ3v) is 4.01. The molecule has 0 fully saturated rings. The van der Waals surface area contributed by atoms with Gasteiger partial charge in [0.15, 0.2) is 0 Å². The molecule has 1 heteroatoms. The molecular formula is C20H23N. The van der Waals surface area contributed by atoms with E-state index in [9.17, 15) is 0 Å². The second kappa shape index (κ2) is 6.94. The van der Waals surface area contributed by atoms with E-state index in [1.807, 2.05) is 12.2 Å². The van der Waals surface area contributed by atoms with Crippen molar-refractivity contribution in [2.75, 3.05) is 0 Å². The summed E-state index contributed by atoms with van der Waals surface area (Å²) in [5, 5.41) is 0. The van der Waals surface area contributed by atoms with Crippen molar-refractivity contribution in [3.8, 4) is 0 Å². The zero-order valence-electron chi connectivity index (χ0n) is 12.8. The molecule has 108 valence electrons. The van der Waals surface area contributed by atoms with E-state index in [2.05, 4.69) is 62.9 Å². The molecule has 0 aromatic heterocycles. The van der Waals surface area contributed by atoms with Crippen LogP contribution < -0.4 is 5.73 Å². The highest BCUT2D eigenvalue weighted by Crippen LogP contribution is 2.35. The molecule has 2 N–H and O–H groups in total. The fourth-order valence-electron chi connectivity index (χ4n) is 2.66. The van der Waals surface area contributed by atoms with E-state index >= 15 is 0 Å². The maximum Gasteiger partial charge on any atom is -0.00624 e. The molecule has 2 rings (SSSR count). The van der Waals surface area contributed by atoms with Crippen LogP contribution in [-0.2, 0) is 0 Å². The maximum atomic E-state index is 5.39. The highest BCUT2D eigenvalue weighted by molar-refractivity contribution is 5.72. The summed E-state index contributed by atoms with van der Waals surface area (Å²) in [6, 6.07) is 10.6. The minimum atomic E-state index is 0.497. The highest BCUT2D eigenvalue weighted by atomic mass is 14.5. The van der Waals surface area contributed by atoms with E-state index in [-0.39, 0.29) is 0 Å². The van der Waals surface area contributed by atoms with Crippen molar-refractivity contribution in [3.05, 3.63) is 89.7 Å². The van der Waals surface area contributed by atoms with Gasteiger partial charge in [0.25, 0.3) is 0 Å². The fourth-order valence-corrected chi connectivity index (χ4v) is 2.66. The molecule has 0 aliphatic heterocycles. The molecule has 0 radical (unpaired) electrons. The number of hydrogen-bond donors (Lipinski definition) is 1. The molecule has 1 aromatic rings. The smallest absolute Gasteiger partial charge is 0.00624 e. The Bertz CT molecular complexity index is 627. The van der Waals surface area contributed by atoms with Crippen molar-refractivity contribution in [1.29, 1.82) is 0 Å². The van der Waals surface area contributed by atoms with Crippen LogP contribution in [0.3, 0.4) is 0 Å². The van der Waals surface area contributed by atoms with Gasteiger partial charge in [-0.1, -0.05) is 67.6 Å². The Morgan fingerprint density at radius 3 is 2.57 bits per heavy atom. The first-order chi connectivity index (χ1) is 10.1. The lowest BCUT2D eigenvalue weighted by Crippen LogP contribution is -1.98. The standard InChI is InChI=1S/C20H23N/c1-15-13-19(18-9-5-4-6-10-18)14-16(2)20(17(15)3)11-7-8-12-21/h4-12,14-15H,2,13,21H2,1,3H3/b11-7-,12-8-/t15-/m1/s1. The van der Waals surface area contributed by atoms with Crippen LogP contribution in [0.15, 0.2) is 84.1 Å². The van der Waals surface area contributed by atoms with Crippen molar-refractivity contribution >= 4 is 5.57 Å². The molecule has 1 aliphatic carbocycles. The van der Waals surface area contributed by atoms with Crippen molar-refractivity contribution in [3.63, 3.8) is 0 Å². The maximum absolute atomic E-state index is 5.39. The van der Waals surface area contributed by atoms with E-state index in [1.165, 1.54) is 22.3 Å². The van der Waals surface area contributed by atoms with Crippen LogP contribution in [0.2, 0.25) is 0 Å². The van der Waals surface area contributed by atoms with Gasteiger partial charge < -0.3 is 5.73 Å². The van der Waals surface area contributed by atoms with E-state index in [1.54, 1.807) is 6.20 Å². The predicted molar refractivity (Wildman–Crippen MR) is 92.5 cm³/mol. The van der Waals surface area contributed by atoms with Crippen molar-refractivity contribution in [2.24, 2.45) is 11.7 Å². The van der Waals surface area contributed by atoms with Gasteiger partial charge in [0.05, 0.1) is 0 Å². The topological polar surface area (TPSA) is 26.0 Å². The SMILES string of the molecule is C=C1C=C(c2ccccc2)C[C@@H](C)C(C)=C1/C=C\C=C/N. The van der Waals surface area contributed by atoms with Crippen LogP contribution in [0.1, 0.15) is 25.8 Å². The van der Waals surface area contributed by atoms with E-state index in [4.69, 9.17) is 5.73 Å². The fraction of sp³-hybridized carbons (Fsp3) is 0.200. The van der Waals surface area contributed by atoms with Gasteiger partial charge in [-0.05, 0) is 53.8 Å². The minimum absolute atomic E-state index is 0.497. The van der Waals surface area contributed by atoms with Gasteiger partial charge in [0.2, 0.25) is 0 Å². The van der Waals surface area contributed by atoms with Crippen molar-refractivity contribution < 1.29 is 0 Å². The third-order valence-electron chi connectivity index (χ3n) is 4.01. The third kappa shape index (κ3) is 3.63. The second-order valence-electron chi connectivity index (χ2n) is 5.51. The number of nitrogens with two attached hydrogens (primary N) is 1. The largest absolute Gasteiger partial charge is 0.405 e. The molecular weight excluding hydrogens is 254 g/mol. The lowest BCUT2D eigenvalue weighted by atomic mass is 9.91. The normalized spacial score (nSPS) is 20.2. The molecule has 0 amide bonds.